The van der Waals surface area contributed by atoms with Gasteiger partial charge >= 0.3 is 0 Å². The first-order chi connectivity index (χ1) is 8.25. The van der Waals surface area contributed by atoms with Crippen LogP contribution in [0, 0.1) is 0 Å². The molecule has 0 aliphatic rings. The highest BCUT2D eigenvalue weighted by molar-refractivity contribution is 9.10. The number of imidazole rings is 1. The summed E-state index contributed by atoms with van der Waals surface area (Å²) in [7, 11) is 0. The summed E-state index contributed by atoms with van der Waals surface area (Å²) >= 11 is 5.05. The Bertz CT molecular complexity index is 658. The Morgan fingerprint density at radius 3 is 2.94 bits per heavy atom. The molecule has 3 N–H and O–H groups in total. The van der Waals surface area contributed by atoms with E-state index >= 15 is 0 Å². The van der Waals surface area contributed by atoms with Crippen molar-refractivity contribution in [1.82, 2.24) is 9.97 Å². The number of aromatic amines is 1. The molecule has 3 rings (SSSR count). The molecule has 17 heavy (non-hydrogen) atoms. The number of benzene rings is 1. The van der Waals surface area contributed by atoms with Crippen molar-refractivity contribution in [2.45, 2.75) is 6.04 Å². The second-order valence-corrected chi connectivity index (χ2v) is 5.55. The first-order valence-corrected chi connectivity index (χ1v) is 6.85. The number of nitrogens with zero attached hydrogens (tertiary/aromatic N) is 1. The Morgan fingerprint density at radius 1 is 1.35 bits per heavy atom. The van der Waals surface area contributed by atoms with Gasteiger partial charge in [-0.3, -0.25) is 0 Å². The number of nitrogens with two attached hydrogens (primary N) is 1. The largest absolute Gasteiger partial charge is 0.335 e. The molecule has 1 aromatic carbocycles. The summed E-state index contributed by atoms with van der Waals surface area (Å²) < 4.78 is 2.10. The zero-order chi connectivity index (χ0) is 11.8. The smallest absolute Gasteiger partial charge is 0.128 e. The third kappa shape index (κ3) is 1.90. The summed E-state index contributed by atoms with van der Waals surface area (Å²) in [6.07, 6.45) is 1.73. The first-order valence-electron chi connectivity index (χ1n) is 5.18. The molecule has 0 saturated carbocycles. The first kappa shape index (κ1) is 11.0. The molecule has 0 spiro atoms. The van der Waals surface area contributed by atoms with Gasteiger partial charge in [0.15, 0.2) is 0 Å². The lowest BCUT2D eigenvalue weighted by atomic mass is 10.1. The van der Waals surface area contributed by atoms with Gasteiger partial charge < -0.3 is 10.7 Å². The van der Waals surface area contributed by atoms with Crippen LogP contribution in [0.5, 0.6) is 0 Å². The van der Waals surface area contributed by atoms with Gasteiger partial charge in [-0.15, -0.1) is 11.3 Å². The van der Waals surface area contributed by atoms with Crippen molar-refractivity contribution in [2.75, 3.05) is 0 Å². The highest BCUT2D eigenvalue weighted by atomic mass is 79.9. The summed E-state index contributed by atoms with van der Waals surface area (Å²) in [5, 5.41) is 3.31. The van der Waals surface area contributed by atoms with E-state index in [2.05, 4.69) is 43.4 Å². The monoisotopic (exact) mass is 307 g/mol. The SMILES string of the molecule is NC(c1ncc(Br)[nH]1)c1csc2ccccc12. The number of nitrogens with one attached hydrogen (secondary N) is 1. The van der Waals surface area contributed by atoms with Crippen LogP contribution in [0.4, 0.5) is 0 Å². The van der Waals surface area contributed by atoms with Crippen LogP contribution in [0.1, 0.15) is 17.4 Å². The molecule has 2 aromatic heterocycles. The van der Waals surface area contributed by atoms with Crippen LogP contribution in [0.2, 0.25) is 0 Å². The average Bonchev–Trinajstić information content (AvgIpc) is 2.94. The van der Waals surface area contributed by atoms with Gasteiger partial charge in [0.1, 0.15) is 10.4 Å². The van der Waals surface area contributed by atoms with Crippen molar-refractivity contribution >= 4 is 37.4 Å². The Labute approximate surface area is 111 Å². The molecule has 3 aromatic rings. The maximum atomic E-state index is 6.23. The second-order valence-electron chi connectivity index (χ2n) is 3.78. The molecular weight excluding hydrogens is 298 g/mol. The van der Waals surface area contributed by atoms with Crippen molar-refractivity contribution in [3.8, 4) is 0 Å². The van der Waals surface area contributed by atoms with E-state index < -0.39 is 0 Å². The number of fused-ring (bicyclic) bond motifs is 1. The number of aromatic nitrogens is 2. The van der Waals surface area contributed by atoms with E-state index in [1.807, 2.05) is 12.1 Å². The number of H-pyrrole nitrogens is 1. The third-order valence-corrected chi connectivity index (χ3v) is 4.09. The van der Waals surface area contributed by atoms with Gasteiger partial charge in [-0.05, 0) is 38.3 Å². The molecular formula is C12H10BrN3S. The fraction of sp³-hybridized carbons (Fsp3) is 0.0833. The molecule has 0 aliphatic heterocycles. The van der Waals surface area contributed by atoms with Crippen LogP contribution >= 0.6 is 27.3 Å². The van der Waals surface area contributed by atoms with Crippen molar-refractivity contribution in [2.24, 2.45) is 5.73 Å². The fourth-order valence-electron chi connectivity index (χ4n) is 1.86. The highest BCUT2D eigenvalue weighted by Crippen LogP contribution is 2.31. The average molecular weight is 308 g/mol. The minimum Gasteiger partial charge on any atom is -0.335 e. The van der Waals surface area contributed by atoms with Gasteiger partial charge in [0.05, 0.1) is 12.2 Å². The second kappa shape index (κ2) is 4.25. The van der Waals surface area contributed by atoms with Crippen molar-refractivity contribution in [3.05, 3.63) is 51.8 Å². The van der Waals surface area contributed by atoms with Crippen LogP contribution in [0.3, 0.4) is 0 Å². The van der Waals surface area contributed by atoms with Crippen molar-refractivity contribution < 1.29 is 0 Å². The predicted molar refractivity (Wildman–Crippen MR) is 74.1 cm³/mol. The van der Waals surface area contributed by atoms with Gasteiger partial charge in [-0.25, -0.2) is 4.98 Å². The van der Waals surface area contributed by atoms with Crippen LogP contribution in [0.25, 0.3) is 10.1 Å². The predicted octanol–water partition coefficient (Wildman–Crippen LogP) is 3.44. The zero-order valence-corrected chi connectivity index (χ0v) is 11.3. The molecule has 0 fully saturated rings. The van der Waals surface area contributed by atoms with Gasteiger partial charge in [0, 0.05) is 4.70 Å². The molecule has 0 saturated heterocycles. The van der Waals surface area contributed by atoms with E-state index in [4.69, 9.17) is 5.73 Å². The standard InChI is InChI=1S/C12H10BrN3S/c13-10-5-15-12(16-10)11(14)8-6-17-9-4-2-1-3-7(8)9/h1-6,11H,14H2,(H,15,16). The quantitative estimate of drug-likeness (QED) is 0.762. The van der Waals surface area contributed by atoms with E-state index in [9.17, 15) is 0 Å². The van der Waals surface area contributed by atoms with E-state index in [1.165, 1.54) is 10.1 Å². The summed E-state index contributed by atoms with van der Waals surface area (Å²) in [6, 6.07) is 8.06. The molecule has 2 heterocycles. The molecule has 0 bridgehead atoms. The van der Waals surface area contributed by atoms with Crippen LogP contribution < -0.4 is 5.73 Å². The third-order valence-electron chi connectivity index (χ3n) is 2.71. The fourth-order valence-corrected chi connectivity index (χ4v) is 3.16. The lowest BCUT2D eigenvalue weighted by Gasteiger charge is -2.07. The Balaban J connectivity index is 2.09. The summed E-state index contributed by atoms with van der Waals surface area (Å²) in [4.78, 5) is 7.37. The number of thiophene rings is 1. The van der Waals surface area contributed by atoms with Crippen LogP contribution in [0.15, 0.2) is 40.4 Å². The summed E-state index contributed by atoms with van der Waals surface area (Å²) in [6.45, 7) is 0. The summed E-state index contributed by atoms with van der Waals surface area (Å²) in [5.41, 5.74) is 7.35. The molecule has 1 unspecified atom stereocenters. The molecule has 1 atom stereocenters. The molecule has 0 amide bonds. The minimum absolute atomic E-state index is 0.211. The van der Waals surface area contributed by atoms with E-state index in [-0.39, 0.29) is 6.04 Å². The summed E-state index contributed by atoms with van der Waals surface area (Å²) in [5.74, 6) is 0.778. The van der Waals surface area contributed by atoms with Gasteiger partial charge in [-0.2, -0.15) is 0 Å². The maximum absolute atomic E-state index is 6.23. The van der Waals surface area contributed by atoms with E-state index in [0.29, 0.717) is 0 Å². The van der Waals surface area contributed by atoms with Crippen molar-refractivity contribution in [3.63, 3.8) is 0 Å². The van der Waals surface area contributed by atoms with Crippen LogP contribution in [-0.4, -0.2) is 9.97 Å². The number of hydrogen-bond donors (Lipinski definition) is 2. The Kier molecular flexibility index (Phi) is 2.74. The molecule has 3 nitrogen and oxygen atoms in total. The molecule has 0 aliphatic carbocycles. The van der Waals surface area contributed by atoms with E-state index in [1.54, 1.807) is 17.5 Å². The van der Waals surface area contributed by atoms with Gasteiger partial charge in [0.2, 0.25) is 0 Å². The Morgan fingerprint density at radius 2 is 2.18 bits per heavy atom. The van der Waals surface area contributed by atoms with Gasteiger partial charge in [-0.1, -0.05) is 18.2 Å². The normalized spacial score (nSPS) is 13.1. The lowest BCUT2D eigenvalue weighted by molar-refractivity contribution is 0.809. The molecule has 86 valence electrons. The topological polar surface area (TPSA) is 54.7 Å². The van der Waals surface area contributed by atoms with Crippen molar-refractivity contribution in [1.29, 1.82) is 0 Å². The highest BCUT2D eigenvalue weighted by Gasteiger charge is 2.16. The number of rotatable bonds is 2. The van der Waals surface area contributed by atoms with Crippen LogP contribution in [-0.2, 0) is 0 Å². The lowest BCUT2D eigenvalue weighted by Crippen LogP contribution is -2.12. The number of halogens is 1. The minimum atomic E-state index is -0.211. The van der Waals surface area contributed by atoms with Gasteiger partial charge in [0.25, 0.3) is 0 Å². The maximum Gasteiger partial charge on any atom is 0.128 e. The number of hydrogen-bond acceptors (Lipinski definition) is 3. The Hall–Kier alpha value is -1.17. The molecule has 0 radical (unpaired) electrons. The molecule has 5 heteroatoms. The zero-order valence-electron chi connectivity index (χ0n) is 8.85. The van der Waals surface area contributed by atoms with E-state index in [0.717, 1.165) is 16.0 Å².